The largest absolute Gasteiger partial charge is 0.497 e. The Morgan fingerprint density at radius 2 is 1.76 bits per heavy atom. The molecule has 4 aromatic rings. The van der Waals surface area contributed by atoms with Crippen LogP contribution >= 0.6 is 0 Å². The lowest BCUT2D eigenvalue weighted by molar-refractivity contribution is -0.121. The predicted molar refractivity (Wildman–Crippen MR) is 133 cm³/mol. The molecule has 1 aromatic heterocycles. The fourth-order valence-corrected chi connectivity index (χ4v) is 3.93. The summed E-state index contributed by atoms with van der Waals surface area (Å²) in [6, 6.07) is 24.2. The smallest absolute Gasteiger partial charge is 0.220 e. The number of carbonyl (C=O) groups is 1. The maximum absolute atomic E-state index is 12.6. The van der Waals surface area contributed by atoms with Gasteiger partial charge in [0.2, 0.25) is 5.91 Å². The lowest BCUT2D eigenvalue weighted by Gasteiger charge is -2.13. The zero-order valence-electron chi connectivity index (χ0n) is 19.5. The lowest BCUT2D eigenvalue weighted by Crippen LogP contribution is -2.23. The van der Waals surface area contributed by atoms with E-state index < -0.39 is 0 Å². The number of rotatable bonds is 10. The van der Waals surface area contributed by atoms with E-state index in [0.717, 1.165) is 40.3 Å². The summed E-state index contributed by atoms with van der Waals surface area (Å²) < 4.78 is 12.6. The van der Waals surface area contributed by atoms with E-state index in [1.807, 2.05) is 47.3 Å². The molecule has 0 aliphatic carbocycles. The first-order chi connectivity index (χ1) is 16.7. The van der Waals surface area contributed by atoms with Crippen LogP contribution in [-0.2, 0) is 24.3 Å². The van der Waals surface area contributed by atoms with Gasteiger partial charge in [-0.15, -0.1) is 0 Å². The maximum Gasteiger partial charge on any atom is 0.220 e. The molecular weight excluding hydrogens is 426 g/mol. The van der Waals surface area contributed by atoms with Gasteiger partial charge in [0.15, 0.2) is 0 Å². The third kappa shape index (κ3) is 5.84. The van der Waals surface area contributed by atoms with Crippen molar-refractivity contribution < 1.29 is 14.3 Å². The van der Waals surface area contributed by atoms with Gasteiger partial charge in [0.25, 0.3) is 0 Å². The number of amides is 1. The Labute approximate surface area is 200 Å². The third-order valence-electron chi connectivity index (χ3n) is 5.77. The van der Waals surface area contributed by atoms with Gasteiger partial charge in [0, 0.05) is 25.4 Å². The van der Waals surface area contributed by atoms with Crippen molar-refractivity contribution in [2.75, 3.05) is 14.2 Å². The van der Waals surface area contributed by atoms with E-state index >= 15 is 0 Å². The number of ether oxygens (including phenoxy) is 2. The Morgan fingerprint density at radius 3 is 2.50 bits per heavy atom. The fraction of sp³-hybridized carbons (Fsp3) is 0.214. The second-order valence-electron chi connectivity index (χ2n) is 8.01. The molecular formula is C28H29N3O3. The second kappa shape index (κ2) is 11.2. The van der Waals surface area contributed by atoms with Crippen LogP contribution in [-0.4, -0.2) is 29.9 Å². The highest BCUT2D eigenvalue weighted by Crippen LogP contribution is 2.26. The molecule has 0 spiro atoms. The van der Waals surface area contributed by atoms with Crippen LogP contribution in [0.25, 0.3) is 11.1 Å². The van der Waals surface area contributed by atoms with E-state index in [2.05, 4.69) is 46.8 Å². The van der Waals surface area contributed by atoms with E-state index in [1.165, 1.54) is 5.56 Å². The van der Waals surface area contributed by atoms with E-state index in [4.69, 9.17) is 9.47 Å². The standard InChI is InChI=1S/C28H29N3O3/c1-33-25-13-14-27(34-2)23(18-25)12-15-28(32)29-19-24-6-3-4-7-26(24)22-10-8-21(9-11-22)20-31-17-5-16-30-31/h3-11,13-14,16-18H,12,15,19-20H2,1-2H3,(H,29,32). The lowest BCUT2D eigenvalue weighted by atomic mass is 9.98. The molecule has 1 N–H and O–H groups in total. The topological polar surface area (TPSA) is 65.4 Å². The molecule has 6 nitrogen and oxygen atoms in total. The highest BCUT2D eigenvalue weighted by Gasteiger charge is 2.10. The van der Waals surface area contributed by atoms with Crippen molar-refractivity contribution in [1.29, 1.82) is 0 Å². The van der Waals surface area contributed by atoms with E-state index in [-0.39, 0.29) is 5.91 Å². The Bertz CT molecular complexity index is 1220. The summed E-state index contributed by atoms with van der Waals surface area (Å²) in [6.45, 7) is 1.21. The van der Waals surface area contributed by atoms with Crippen LogP contribution in [0.2, 0.25) is 0 Å². The number of methoxy groups -OCH3 is 2. The summed E-state index contributed by atoms with van der Waals surface area (Å²) >= 11 is 0. The van der Waals surface area contributed by atoms with Gasteiger partial charge in [0.1, 0.15) is 11.5 Å². The number of carbonyl (C=O) groups excluding carboxylic acids is 1. The van der Waals surface area contributed by atoms with Crippen molar-refractivity contribution in [1.82, 2.24) is 15.1 Å². The van der Waals surface area contributed by atoms with E-state index in [0.29, 0.717) is 19.4 Å². The SMILES string of the molecule is COc1ccc(OC)c(CCC(=O)NCc2ccccc2-c2ccc(Cn3cccn3)cc2)c1. The van der Waals surface area contributed by atoms with E-state index in [1.54, 1.807) is 20.4 Å². The minimum absolute atomic E-state index is 0.00533. The van der Waals surface area contributed by atoms with Crippen LogP contribution < -0.4 is 14.8 Å². The quantitative estimate of drug-likeness (QED) is 0.371. The molecule has 0 bridgehead atoms. The summed E-state index contributed by atoms with van der Waals surface area (Å²) in [5, 5.41) is 7.33. The zero-order valence-corrected chi connectivity index (χ0v) is 19.5. The molecule has 0 saturated heterocycles. The molecule has 6 heteroatoms. The van der Waals surface area contributed by atoms with Gasteiger partial charge in [-0.1, -0.05) is 48.5 Å². The molecule has 0 atom stereocenters. The van der Waals surface area contributed by atoms with Gasteiger partial charge in [-0.05, 0) is 58.5 Å². The molecule has 0 aliphatic heterocycles. The van der Waals surface area contributed by atoms with E-state index in [9.17, 15) is 4.79 Å². The molecule has 0 saturated carbocycles. The monoisotopic (exact) mass is 455 g/mol. The predicted octanol–water partition coefficient (Wildman–Crippen LogP) is 4.86. The van der Waals surface area contributed by atoms with Crippen molar-refractivity contribution in [3.63, 3.8) is 0 Å². The summed E-state index contributed by atoms with van der Waals surface area (Å²) in [5.41, 5.74) is 5.45. The van der Waals surface area contributed by atoms with Crippen molar-refractivity contribution in [2.45, 2.75) is 25.9 Å². The van der Waals surface area contributed by atoms with Gasteiger partial charge >= 0.3 is 0 Å². The molecule has 0 fully saturated rings. The highest BCUT2D eigenvalue weighted by molar-refractivity contribution is 5.77. The second-order valence-corrected chi connectivity index (χ2v) is 8.01. The van der Waals surface area contributed by atoms with Gasteiger partial charge in [0.05, 0.1) is 20.8 Å². The molecule has 3 aromatic carbocycles. The first-order valence-corrected chi connectivity index (χ1v) is 11.3. The number of aromatic nitrogens is 2. The summed E-state index contributed by atoms with van der Waals surface area (Å²) in [4.78, 5) is 12.6. The number of nitrogens with one attached hydrogen (secondary N) is 1. The van der Waals surface area contributed by atoms with Crippen LogP contribution in [0.3, 0.4) is 0 Å². The van der Waals surface area contributed by atoms with Gasteiger partial charge in [-0.3, -0.25) is 9.48 Å². The average Bonchev–Trinajstić information content (AvgIpc) is 3.39. The molecule has 4 rings (SSSR count). The van der Waals surface area contributed by atoms with Crippen molar-refractivity contribution in [2.24, 2.45) is 0 Å². The first kappa shape index (κ1) is 23.1. The van der Waals surface area contributed by atoms with Crippen LogP contribution in [0.15, 0.2) is 85.2 Å². The normalized spacial score (nSPS) is 10.6. The van der Waals surface area contributed by atoms with Gasteiger partial charge in [-0.2, -0.15) is 5.10 Å². The number of hydrogen-bond acceptors (Lipinski definition) is 4. The summed E-state index contributed by atoms with van der Waals surface area (Å²) in [6.07, 6.45) is 4.68. The average molecular weight is 456 g/mol. The van der Waals surface area contributed by atoms with Crippen molar-refractivity contribution in [3.05, 3.63) is 102 Å². The van der Waals surface area contributed by atoms with Crippen LogP contribution in [0.4, 0.5) is 0 Å². The number of nitrogens with zero attached hydrogens (tertiary/aromatic N) is 2. The fourth-order valence-electron chi connectivity index (χ4n) is 3.93. The Morgan fingerprint density at radius 1 is 0.941 bits per heavy atom. The number of aryl methyl sites for hydroxylation is 1. The Hall–Kier alpha value is -4.06. The zero-order chi connectivity index (χ0) is 23.8. The van der Waals surface area contributed by atoms with Crippen LogP contribution in [0.1, 0.15) is 23.1 Å². The summed E-state index contributed by atoms with van der Waals surface area (Å²) in [5.74, 6) is 1.50. The minimum atomic E-state index is -0.00533. The molecule has 1 heterocycles. The van der Waals surface area contributed by atoms with Crippen LogP contribution in [0.5, 0.6) is 11.5 Å². The maximum atomic E-state index is 12.6. The molecule has 1 amide bonds. The highest BCUT2D eigenvalue weighted by atomic mass is 16.5. The van der Waals surface area contributed by atoms with Crippen molar-refractivity contribution in [3.8, 4) is 22.6 Å². The minimum Gasteiger partial charge on any atom is -0.497 e. The summed E-state index contributed by atoms with van der Waals surface area (Å²) in [7, 11) is 3.26. The number of benzene rings is 3. The Balaban J connectivity index is 1.37. The third-order valence-corrected chi connectivity index (χ3v) is 5.77. The first-order valence-electron chi connectivity index (χ1n) is 11.3. The van der Waals surface area contributed by atoms with Crippen molar-refractivity contribution >= 4 is 5.91 Å². The van der Waals surface area contributed by atoms with Gasteiger partial charge < -0.3 is 14.8 Å². The molecule has 0 radical (unpaired) electrons. The molecule has 174 valence electrons. The van der Waals surface area contributed by atoms with Crippen LogP contribution in [0, 0.1) is 0 Å². The molecule has 0 unspecified atom stereocenters. The molecule has 0 aliphatic rings. The Kier molecular flexibility index (Phi) is 7.60. The van der Waals surface area contributed by atoms with Gasteiger partial charge in [-0.25, -0.2) is 0 Å². The number of hydrogen-bond donors (Lipinski definition) is 1. The molecule has 34 heavy (non-hydrogen) atoms.